The lowest BCUT2D eigenvalue weighted by atomic mass is 10.2. The normalized spacial score (nSPS) is 10.8. The molecule has 0 bridgehead atoms. The van der Waals surface area contributed by atoms with Gasteiger partial charge in [-0.15, -0.1) is 15.3 Å². The highest BCUT2D eigenvalue weighted by Crippen LogP contribution is 2.16. The Morgan fingerprint density at radius 3 is 2.92 bits per heavy atom. The highest BCUT2D eigenvalue weighted by molar-refractivity contribution is 6.31. The molecular formula is C15H13ClFN5O2. The fraction of sp³-hybridized carbons (Fsp3) is 0.200. The maximum Gasteiger partial charge on any atom is 0.251 e. The second-order valence-electron chi connectivity index (χ2n) is 4.80. The van der Waals surface area contributed by atoms with Crippen molar-refractivity contribution in [3.05, 3.63) is 52.6 Å². The Kier molecular flexibility index (Phi) is 4.57. The second kappa shape index (κ2) is 6.79. The molecule has 0 aliphatic rings. The monoisotopic (exact) mass is 349 g/mol. The van der Waals surface area contributed by atoms with E-state index in [0.717, 1.165) is 6.07 Å². The predicted molar refractivity (Wildman–Crippen MR) is 84.5 cm³/mol. The van der Waals surface area contributed by atoms with E-state index in [9.17, 15) is 9.18 Å². The Balaban J connectivity index is 1.76. The molecule has 0 aliphatic heterocycles. The Morgan fingerprint density at radius 1 is 1.33 bits per heavy atom. The highest BCUT2D eigenvalue weighted by Gasteiger charge is 2.12. The first kappa shape index (κ1) is 16.1. The number of aromatic nitrogens is 4. The fourth-order valence-corrected chi connectivity index (χ4v) is 2.23. The van der Waals surface area contributed by atoms with Gasteiger partial charge in [-0.2, -0.15) is 4.52 Å². The van der Waals surface area contributed by atoms with Crippen LogP contribution in [0.4, 0.5) is 4.39 Å². The van der Waals surface area contributed by atoms with Gasteiger partial charge >= 0.3 is 0 Å². The van der Waals surface area contributed by atoms with Crippen molar-refractivity contribution in [1.29, 1.82) is 0 Å². The minimum Gasteiger partial charge on any atom is -0.477 e. The van der Waals surface area contributed by atoms with Gasteiger partial charge in [-0.05, 0) is 31.2 Å². The standard InChI is InChI=1S/C15H13ClFN5O2/c1-2-24-14-6-5-12-19-20-13(22(12)21-14)8-18-15(23)9-3-4-11(17)10(16)7-9/h3-7H,2,8H2,1H3,(H,18,23). The van der Waals surface area contributed by atoms with Crippen LogP contribution < -0.4 is 10.1 Å². The molecule has 0 saturated heterocycles. The number of nitrogens with zero attached hydrogens (tertiary/aromatic N) is 4. The molecule has 0 unspecified atom stereocenters. The van der Waals surface area contributed by atoms with Gasteiger partial charge in [-0.1, -0.05) is 11.6 Å². The van der Waals surface area contributed by atoms with Crippen LogP contribution >= 0.6 is 11.6 Å². The molecule has 3 rings (SSSR count). The van der Waals surface area contributed by atoms with Gasteiger partial charge in [0, 0.05) is 11.6 Å². The minimum atomic E-state index is -0.579. The number of amides is 1. The van der Waals surface area contributed by atoms with Crippen LogP contribution in [-0.2, 0) is 6.54 Å². The van der Waals surface area contributed by atoms with Gasteiger partial charge in [-0.3, -0.25) is 4.79 Å². The third kappa shape index (κ3) is 3.28. The summed E-state index contributed by atoms with van der Waals surface area (Å²) in [6.07, 6.45) is 0. The predicted octanol–water partition coefficient (Wildman–Crippen LogP) is 2.25. The van der Waals surface area contributed by atoms with E-state index in [4.69, 9.17) is 16.3 Å². The first-order valence-electron chi connectivity index (χ1n) is 7.16. The molecule has 2 heterocycles. The summed E-state index contributed by atoms with van der Waals surface area (Å²) in [4.78, 5) is 12.1. The van der Waals surface area contributed by atoms with Crippen molar-refractivity contribution >= 4 is 23.2 Å². The molecule has 7 nitrogen and oxygen atoms in total. The molecule has 1 N–H and O–H groups in total. The van der Waals surface area contributed by atoms with E-state index in [1.165, 1.54) is 16.6 Å². The average molecular weight is 350 g/mol. The molecule has 124 valence electrons. The maximum absolute atomic E-state index is 13.1. The van der Waals surface area contributed by atoms with Crippen LogP contribution in [0.25, 0.3) is 5.65 Å². The summed E-state index contributed by atoms with van der Waals surface area (Å²) in [5, 5.41) is 14.8. The minimum absolute atomic E-state index is 0.0948. The lowest BCUT2D eigenvalue weighted by molar-refractivity contribution is 0.0949. The summed E-state index contributed by atoms with van der Waals surface area (Å²) in [5.74, 6) is -0.116. The molecule has 0 saturated carbocycles. The zero-order valence-corrected chi connectivity index (χ0v) is 13.4. The number of nitrogens with one attached hydrogen (secondary N) is 1. The van der Waals surface area contributed by atoms with Gasteiger partial charge in [0.25, 0.3) is 5.91 Å². The number of hydrogen-bond acceptors (Lipinski definition) is 5. The summed E-state index contributed by atoms with van der Waals surface area (Å²) in [7, 11) is 0. The van der Waals surface area contributed by atoms with Crippen molar-refractivity contribution in [2.75, 3.05) is 6.61 Å². The molecule has 0 radical (unpaired) electrons. The summed E-state index contributed by atoms with van der Waals surface area (Å²) in [6, 6.07) is 7.16. The van der Waals surface area contributed by atoms with Crippen molar-refractivity contribution in [2.24, 2.45) is 0 Å². The van der Waals surface area contributed by atoms with Crippen LogP contribution in [0, 0.1) is 5.82 Å². The largest absolute Gasteiger partial charge is 0.477 e. The summed E-state index contributed by atoms with van der Waals surface area (Å²) >= 11 is 5.68. The Bertz CT molecular complexity index is 899. The summed E-state index contributed by atoms with van der Waals surface area (Å²) in [5.41, 5.74) is 0.783. The third-order valence-electron chi connectivity index (χ3n) is 3.18. The van der Waals surface area contributed by atoms with Gasteiger partial charge in [0.2, 0.25) is 5.88 Å². The highest BCUT2D eigenvalue weighted by atomic mass is 35.5. The Morgan fingerprint density at radius 2 is 2.17 bits per heavy atom. The number of fused-ring (bicyclic) bond motifs is 1. The van der Waals surface area contributed by atoms with Gasteiger partial charge < -0.3 is 10.1 Å². The van der Waals surface area contributed by atoms with E-state index in [1.807, 2.05) is 6.92 Å². The Labute approximate surface area is 141 Å². The van der Waals surface area contributed by atoms with Crippen LogP contribution in [0.3, 0.4) is 0 Å². The average Bonchev–Trinajstić information content (AvgIpc) is 2.98. The number of rotatable bonds is 5. The number of benzene rings is 1. The number of ether oxygens (including phenoxy) is 1. The second-order valence-corrected chi connectivity index (χ2v) is 5.21. The number of halogens is 2. The molecule has 3 aromatic rings. The quantitative estimate of drug-likeness (QED) is 0.764. The van der Waals surface area contributed by atoms with Crippen molar-refractivity contribution in [1.82, 2.24) is 25.1 Å². The van der Waals surface area contributed by atoms with Crippen molar-refractivity contribution < 1.29 is 13.9 Å². The topological polar surface area (TPSA) is 81.4 Å². The maximum atomic E-state index is 13.1. The molecule has 2 aromatic heterocycles. The van der Waals surface area contributed by atoms with Crippen LogP contribution in [0.1, 0.15) is 23.1 Å². The van der Waals surface area contributed by atoms with Crippen molar-refractivity contribution in [3.63, 3.8) is 0 Å². The molecule has 1 aromatic carbocycles. The fourth-order valence-electron chi connectivity index (χ4n) is 2.05. The van der Waals surface area contributed by atoms with Gasteiger partial charge in [0.05, 0.1) is 18.2 Å². The molecule has 1 amide bonds. The third-order valence-corrected chi connectivity index (χ3v) is 3.47. The number of carbonyl (C=O) groups is 1. The van der Waals surface area contributed by atoms with Crippen LogP contribution in [-0.4, -0.2) is 32.3 Å². The molecule has 9 heteroatoms. The molecule has 0 spiro atoms. The van der Waals surface area contributed by atoms with E-state index in [-0.39, 0.29) is 17.1 Å². The van der Waals surface area contributed by atoms with E-state index < -0.39 is 11.7 Å². The zero-order chi connectivity index (χ0) is 17.1. The number of hydrogen-bond donors (Lipinski definition) is 1. The molecule has 0 fully saturated rings. The van der Waals surface area contributed by atoms with Crippen LogP contribution in [0.2, 0.25) is 5.02 Å². The lowest BCUT2D eigenvalue weighted by Gasteiger charge is -2.06. The zero-order valence-electron chi connectivity index (χ0n) is 12.7. The molecule has 24 heavy (non-hydrogen) atoms. The van der Waals surface area contributed by atoms with E-state index in [2.05, 4.69) is 20.6 Å². The Hall–Kier alpha value is -2.74. The van der Waals surface area contributed by atoms with Crippen molar-refractivity contribution in [2.45, 2.75) is 13.5 Å². The van der Waals surface area contributed by atoms with E-state index in [1.54, 1.807) is 12.1 Å². The van der Waals surface area contributed by atoms with Crippen molar-refractivity contribution in [3.8, 4) is 5.88 Å². The molecule has 0 atom stereocenters. The van der Waals surface area contributed by atoms with Gasteiger partial charge in [-0.25, -0.2) is 4.39 Å². The van der Waals surface area contributed by atoms with Crippen LogP contribution in [0.15, 0.2) is 30.3 Å². The summed E-state index contributed by atoms with van der Waals surface area (Å²) in [6.45, 7) is 2.43. The van der Waals surface area contributed by atoms with E-state index in [0.29, 0.717) is 24.0 Å². The first-order valence-corrected chi connectivity index (χ1v) is 7.53. The lowest BCUT2D eigenvalue weighted by Crippen LogP contribution is -2.24. The smallest absolute Gasteiger partial charge is 0.251 e. The van der Waals surface area contributed by atoms with Gasteiger partial charge in [0.15, 0.2) is 11.5 Å². The molecular weight excluding hydrogens is 337 g/mol. The molecule has 0 aliphatic carbocycles. The van der Waals surface area contributed by atoms with E-state index >= 15 is 0 Å². The first-order chi connectivity index (χ1) is 11.6. The van der Waals surface area contributed by atoms with Crippen LogP contribution in [0.5, 0.6) is 5.88 Å². The SMILES string of the molecule is CCOc1ccc2nnc(CNC(=O)c3ccc(F)c(Cl)c3)n2n1. The number of carbonyl (C=O) groups excluding carboxylic acids is 1. The summed E-state index contributed by atoms with van der Waals surface area (Å²) < 4.78 is 20.0. The van der Waals surface area contributed by atoms with Gasteiger partial charge in [0.1, 0.15) is 5.82 Å².